The lowest BCUT2D eigenvalue weighted by molar-refractivity contribution is 0.423. The molecule has 2 heterocycles. The summed E-state index contributed by atoms with van der Waals surface area (Å²) in [5, 5.41) is 3.63. The van der Waals surface area contributed by atoms with Crippen molar-refractivity contribution in [2.75, 3.05) is 11.5 Å². The SMILES string of the molecule is CC(NC1CCS(=O)(=O)CC1)c1cc2c(s1)CCCC2. The standard InChI is InChI=1S/C15H23NO2S2/c1-11(16-13-6-8-20(17,18)9-7-13)15-10-12-4-2-3-5-14(12)19-15/h10-11,13,16H,2-9H2,1H3. The number of nitrogens with one attached hydrogen (secondary N) is 1. The highest BCUT2D eigenvalue weighted by atomic mass is 32.2. The molecule has 1 fully saturated rings. The van der Waals surface area contributed by atoms with Gasteiger partial charge < -0.3 is 5.32 Å². The number of rotatable bonds is 3. The van der Waals surface area contributed by atoms with Gasteiger partial charge in [-0.2, -0.15) is 0 Å². The van der Waals surface area contributed by atoms with Gasteiger partial charge in [0.1, 0.15) is 9.84 Å². The molecule has 0 amide bonds. The maximum absolute atomic E-state index is 11.5. The predicted octanol–water partition coefficient (Wildman–Crippen LogP) is 2.85. The maximum atomic E-state index is 11.5. The Balaban J connectivity index is 1.62. The summed E-state index contributed by atoms with van der Waals surface area (Å²) in [4.78, 5) is 3.00. The number of sulfone groups is 1. The first-order valence-corrected chi connectivity index (χ1v) is 10.3. The van der Waals surface area contributed by atoms with Crippen molar-refractivity contribution in [1.29, 1.82) is 0 Å². The average molecular weight is 313 g/mol. The third-order valence-electron chi connectivity index (χ3n) is 4.48. The van der Waals surface area contributed by atoms with Crippen molar-refractivity contribution in [2.45, 2.75) is 57.5 Å². The number of hydrogen-bond donors (Lipinski definition) is 1. The van der Waals surface area contributed by atoms with Gasteiger partial charge in [-0.25, -0.2) is 8.42 Å². The van der Waals surface area contributed by atoms with Crippen LogP contribution in [0.2, 0.25) is 0 Å². The van der Waals surface area contributed by atoms with Crippen LogP contribution in [0.3, 0.4) is 0 Å². The first-order valence-electron chi connectivity index (χ1n) is 7.61. The van der Waals surface area contributed by atoms with Crippen LogP contribution in [0.5, 0.6) is 0 Å². The molecule has 0 bridgehead atoms. The molecule has 0 saturated carbocycles. The Morgan fingerprint density at radius 1 is 1.25 bits per heavy atom. The highest BCUT2D eigenvalue weighted by molar-refractivity contribution is 7.91. The summed E-state index contributed by atoms with van der Waals surface area (Å²) in [5.74, 6) is 0.691. The molecule has 3 nitrogen and oxygen atoms in total. The van der Waals surface area contributed by atoms with Crippen LogP contribution < -0.4 is 5.32 Å². The van der Waals surface area contributed by atoms with E-state index in [0.717, 1.165) is 12.8 Å². The van der Waals surface area contributed by atoms with Crippen molar-refractivity contribution < 1.29 is 8.42 Å². The zero-order valence-corrected chi connectivity index (χ0v) is 13.7. The van der Waals surface area contributed by atoms with Crippen LogP contribution in [-0.2, 0) is 22.7 Å². The van der Waals surface area contributed by atoms with Crippen LogP contribution in [0.1, 0.15) is 54.0 Å². The minimum absolute atomic E-state index is 0.344. The first-order chi connectivity index (χ1) is 9.53. The lowest BCUT2D eigenvalue weighted by Gasteiger charge is -2.26. The molecule has 0 radical (unpaired) electrons. The number of thiophene rings is 1. The van der Waals surface area contributed by atoms with Crippen LogP contribution in [-0.4, -0.2) is 26.0 Å². The Kier molecular flexibility index (Phi) is 4.20. The van der Waals surface area contributed by atoms with Gasteiger partial charge in [0.25, 0.3) is 0 Å². The fourth-order valence-corrected chi connectivity index (χ4v) is 5.98. The molecule has 1 aromatic rings. The Morgan fingerprint density at radius 3 is 2.65 bits per heavy atom. The van der Waals surface area contributed by atoms with Crippen LogP contribution in [0, 0.1) is 0 Å². The molecule has 0 aromatic carbocycles. The van der Waals surface area contributed by atoms with Gasteiger partial charge in [-0.1, -0.05) is 0 Å². The first kappa shape index (κ1) is 14.5. The van der Waals surface area contributed by atoms with Crippen molar-refractivity contribution in [3.05, 3.63) is 21.4 Å². The molecule has 3 rings (SSSR count). The van der Waals surface area contributed by atoms with Crippen molar-refractivity contribution in [3.8, 4) is 0 Å². The van der Waals surface area contributed by atoms with Gasteiger partial charge in [-0.05, 0) is 57.1 Å². The molecule has 1 aliphatic heterocycles. The highest BCUT2D eigenvalue weighted by Crippen LogP contribution is 2.33. The van der Waals surface area contributed by atoms with E-state index < -0.39 is 9.84 Å². The molecule has 1 N–H and O–H groups in total. The van der Waals surface area contributed by atoms with E-state index in [1.807, 2.05) is 11.3 Å². The van der Waals surface area contributed by atoms with Crippen LogP contribution in [0.15, 0.2) is 6.07 Å². The molecule has 20 heavy (non-hydrogen) atoms. The summed E-state index contributed by atoms with van der Waals surface area (Å²) in [7, 11) is -2.76. The molecule has 5 heteroatoms. The molecule has 1 aromatic heterocycles. The molecule has 1 unspecified atom stereocenters. The van der Waals surface area contributed by atoms with Gasteiger partial charge in [0.05, 0.1) is 11.5 Å². The van der Waals surface area contributed by atoms with Gasteiger partial charge in [0, 0.05) is 21.8 Å². The normalized spacial score (nSPS) is 24.2. The van der Waals surface area contributed by atoms with E-state index in [9.17, 15) is 8.42 Å². The van der Waals surface area contributed by atoms with E-state index in [2.05, 4.69) is 18.3 Å². The summed E-state index contributed by atoms with van der Waals surface area (Å²) < 4.78 is 22.9. The summed E-state index contributed by atoms with van der Waals surface area (Å²) in [5.41, 5.74) is 1.55. The van der Waals surface area contributed by atoms with E-state index in [1.54, 1.807) is 10.4 Å². The molecule has 1 aliphatic carbocycles. The smallest absolute Gasteiger partial charge is 0.150 e. The largest absolute Gasteiger partial charge is 0.307 e. The fourth-order valence-electron chi connectivity index (χ4n) is 3.22. The van der Waals surface area contributed by atoms with Gasteiger partial charge in [0.15, 0.2) is 0 Å². The van der Waals surface area contributed by atoms with Gasteiger partial charge >= 0.3 is 0 Å². The summed E-state index contributed by atoms with van der Waals surface area (Å²) in [6.45, 7) is 2.21. The van der Waals surface area contributed by atoms with Crippen LogP contribution >= 0.6 is 11.3 Å². The number of fused-ring (bicyclic) bond motifs is 1. The van der Waals surface area contributed by atoms with Crippen molar-refractivity contribution >= 4 is 21.2 Å². The van der Waals surface area contributed by atoms with Crippen molar-refractivity contribution in [1.82, 2.24) is 5.32 Å². The second kappa shape index (κ2) is 5.78. The van der Waals surface area contributed by atoms with E-state index in [0.29, 0.717) is 23.6 Å². The van der Waals surface area contributed by atoms with E-state index in [1.165, 1.54) is 30.6 Å². The van der Waals surface area contributed by atoms with E-state index in [-0.39, 0.29) is 0 Å². The molecule has 2 aliphatic rings. The summed E-state index contributed by atoms with van der Waals surface area (Å²) >= 11 is 1.95. The second-order valence-electron chi connectivity index (χ2n) is 6.12. The fraction of sp³-hybridized carbons (Fsp3) is 0.733. The van der Waals surface area contributed by atoms with E-state index in [4.69, 9.17) is 0 Å². The van der Waals surface area contributed by atoms with Crippen molar-refractivity contribution in [2.24, 2.45) is 0 Å². The zero-order valence-electron chi connectivity index (χ0n) is 12.0. The molecule has 0 spiro atoms. The van der Waals surface area contributed by atoms with Crippen molar-refractivity contribution in [3.63, 3.8) is 0 Å². The predicted molar refractivity (Wildman–Crippen MR) is 84.2 cm³/mol. The minimum Gasteiger partial charge on any atom is -0.307 e. The topological polar surface area (TPSA) is 46.2 Å². The lowest BCUT2D eigenvalue weighted by Crippen LogP contribution is -2.38. The van der Waals surface area contributed by atoms with Crippen LogP contribution in [0.25, 0.3) is 0 Å². The second-order valence-corrected chi connectivity index (χ2v) is 9.59. The maximum Gasteiger partial charge on any atom is 0.150 e. The summed E-state index contributed by atoms with van der Waals surface area (Å²) in [6, 6.07) is 3.07. The molecule has 1 atom stereocenters. The van der Waals surface area contributed by atoms with Crippen LogP contribution in [0.4, 0.5) is 0 Å². The Bertz CT molecular complexity index is 539. The monoisotopic (exact) mass is 313 g/mol. The Hall–Kier alpha value is -0.390. The van der Waals surface area contributed by atoms with Gasteiger partial charge in [0.2, 0.25) is 0 Å². The van der Waals surface area contributed by atoms with Gasteiger partial charge in [-0.3, -0.25) is 0 Å². The zero-order chi connectivity index (χ0) is 14.2. The Morgan fingerprint density at radius 2 is 1.95 bits per heavy atom. The highest BCUT2D eigenvalue weighted by Gasteiger charge is 2.25. The average Bonchev–Trinajstić information content (AvgIpc) is 2.85. The summed E-state index contributed by atoms with van der Waals surface area (Å²) in [6.07, 6.45) is 6.66. The third kappa shape index (κ3) is 3.26. The number of aryl methyl sites for hydroxylation is 2. The molecule has 1 saturated heterocycles. The number of hydrogen-bond acceptors (Lipinski definition) is 4. The van der Waals surface area contributed by atoms with E-state index >= 15 is 0 Å². The molecular formula is C15H23NO2S2. The quantitative estimate of drug-likeness (QED) is 0.933. The Labute approximate surface area is 125 Å². The third-order valence-corrected chi connectivity index (χ3v) is 7.62. The minimum atomic E-state index is -2.76. The molecule has 112 valence electrons. The van der Waals surface area contributed by atoms with Gasteiger partial charge in [-0.15, -0.1) is 11.3 Å². The lowest BCUT2D eigenvalue weighted by atomic mass is 9.99. The molecular weight excluding hydrogens is 290 g/mol.